The van der Waals surface area contributed by atoms with Gasteiger partial charge in [0.05, 0.1) is 0 Å². The lowest BCUT2D eigenvalue weighted by Crippen LogP contribution is -2.24. The van der Waals surface area contributed by atoms with E-state index in [1.165, 1.54) is 6.21 Å². The van der Waals surface area contributed by atoms with Gasteiger partial charge in [-0.3, -0.25) is 0 Å². The van der Waals surface area contributed by atoms with Crippen molar-refractivity contribution in [2.45, 2.75) is 20.1 Å². The third kappa shape index (κ3) is 4.28. The molecule has 0 spiro atoms. The van der Waals surface area contributed by atoms with Gasteiger partial charge in [0, 0.05) is 30.3 Å². The van der Waals surface area contributed by atoms with Crippen LogP contribution < -0.4 is 11.1 Å². The Kier molecular flexibility index (Phi) is 5.23. The average molecular weight is 233 g/mol. The second kappa shape index (κ2) is 6.70. The molecule has 0 heterocycles. The van der Waals surface area contributed by atoms with Crippen molar-refractivity contribution in [1.82, 2.24) is 5.32 Å². The highest BCUT2D eigenvalue weighted by atomic mass is 16.5. The highest BCUT2D eigenvalue weighted by molar-refractivity contribution is 6.08. The maximum atomic E-state index is 7.39. The number of benzene rings is 1. The number of nitrogens with one attached hydrogen (secondary N) is 2. The third-order valence-corrected chi connectivity index (χ3v) is 2.29. The van der Waals surface area contributed by atoms with Crippen molar-refractivity contribution in [1.29, 1.82) is 5.41 Å². The Morgan fingerprint density at radius 2 is 2.12 bits per heavy atom. The molecule has 4 heteroatoms. The van der Waals surface area contributed by atoms with Gasteiger partial charge in [-0.15, -0.1) is 0 Å². The number of hydrogen-bond donors (Lipinski definition) is 3. The number of allylic oxidation sites excluding steroid dienone is 1. The highest BCUT2D eigenvalue weighted by Gasteiger charge is 2.00. The summed E-state index contributed by atoms with van der Waals surface area (Å²) >= 11 is 0. The van der Waals surface area contributed by atoms with E-state index in [0.29, 0.717) is 12.3 Å². The van der Waals surface area contributed by atoms with Crippen molar-refractivity contribution in [3.05, 3.63) is 36.0 Å². The van der Waals surface area contributed by atoms with Crippen molar-refractivity contribution < 1.29 is 4.74 Å². The standard InChI is InChI=1S/C13H19N3O/c1-3-17-10(2)16-9-12(8-14)11-4-6-13(15)7-5-11/h4-10,14,16H,3,15H2,1-2H3/b12-9+,14-8?. The topological polar surface area (TPSA) is 71.1 Å². The Hall–Kier alpha value is -1.81. The highest BCUT2D eigenvalue weighted by Crippen LogP contribution is 2.13. The molecule has 1 atom stereocenters. The Morgan fingerprint density at radius 1 is 1.47 bits per heavy atom. The molecule has 1 rings (SSSR count). The van der Waals surface area contributed by atoms with Crippen LogP contribution in [0.1, 0.15) is 19.4 Å². The summed E-state index contributed by atoms with van der Waals surface area (Å²) in [5.41, 5.74) is 8.07. The molecule has 0 radical (unpaired) electrons. The van der Waals surface area contributed by atoms with Gasteiger partial charge >= 0.3 is 0 Å². The molecule has 0 bridgehead atoms. The van der Waals surface area contributed by atoms with E-state index in [-0.39, 0.29) is 6.23 Å². The van der Waals surface area contributed by atoms with Gasteiger partial charge < -0.3 is 21.2 Å². The van der Waals surface area contributed by atoms with E-state index in [1.807, 2.05) is 38.1 Å². The van der Waals surface area contributed by atoms with E-state index in [2.05, 4.69) is 5.32 Å². The molecule has 0 fully saturated rings. The maximum Gasteiger partial charge on any atom is 0.124 e. The van der Waals surface area contributed by atoms with E-state index in [1.54, 1.807) is 6.20 Å². The zero-order valence-corrected chi connectivity index (χ0v) is 10.2. The fourth-order valence-electron chi connectivity index (χ4n) is 1.39. The summed E-state index contributed by atoms with van der Waals surface area (Å²) in [4.78, 5) is 0. The van der Waals surface area contributed by atoms with Crippen LogP contribution in [-0.2, 0) is 4.74 Å². The summed E-state index contributed by atoms with van der Waals surface area (Å²) < 4.78 is 5.34. The zero-order chi connectivity index (χ0) is 12.7. The van der Waals surface area contributed by atoms with E-state index >= 15 is 0 Å². The molecule has 0 saturated carbocycles. The number of nitrogens with two attached hydrogens (primary N) is 1. The minimum Gasteiger partial charge on any atom is -0.399 e. The van der Waals surface area contributed by atoms with Gasteiger partial charge in [0.2, 0.25) is 0 Å². The molecular formula is C13H19N3O. The quantitative estimate of drug-likeness (QED) is 0.401. The summed E-state index contributed by atoms with van der Waals surface area (Å²) in [7, 11) is 0. The molecule has 17 heavy (non-hydrogen) atoms. The largest absolute Gasteiger partial charge is 0.399 e. The van der Waals surface area contributed by atoms with E-state index < -0.39 is 0 Å². The van der Waals surface area contributed by atoms with Crippen LogP contribution in [-0.4, -0.2) is 19.0 Å². The second-order valence-corrected chi connectivity index (χ2v) is 3.63. The molecule has 0 saturated heterocycles. The smallest absolute Gasteiger partial charge is 0.124 e. The van der Waals surface area contributed by atoms with E-state index in [4.69, 9.17) is 15.9 Å². The SMILES string of the molecule is CCOC(C)N/C=C(\C=N)c1ccc(N)cc1. The number of rotatable bonds is 6. The molecule has 4 nitrogen and oxygen atoms in total. The minimum absolute atomic E-state index is 0.0660. The second-order valence-electron chi connectivity index (χ2n) is 3.63. The summed E-state index contributed by atoms with van der Waals surface area (Å²) in [6, 6.07) is 7.41. The molecule has 4 N–H and O–H groups in total. The molecule has 92 valence electrons. The fraction of sp³-hybridized carbons (Fsp3) is 0.308. The normalized spacial score (nSPS) is 13.2. The van der Waals surface area contributed by atoms with Gasteiger partial charge in [0.15, 0.2) is 0 Å². The van der Waals surface area contributed by atoms with Crippen LogP contribution in [0.3, 0.4) is 0 Å². The lowest BCUT2D eigenvalue weighted by atomic mass is 10.1. The first kappa shape index (κ1) is 13.3. The summed E-state index contributed by atoms with van der Waals surface area (Å²) in [6.45, 7) is 4.52. The van der Waals surface area contributed by atoms with Gasteiger partial charge in [0.1, 0.15) is 6.23 Å². The predicted octanol–water partition coefficient (Wildman–Crippen LogP) is 2.23. The first-order valence-corrected chi connectivity index (χ1v) is 5.61. The van der Waals surface area contributed by atoms with E-state index in [0.717, 1.165) is 11.1 Å². The first-order chi connectivity index (χ1) is 8.17. The Morgan fingerprint density at radius 3 is 2.65 bits per heavy atom. The van der Waals surface area contributed by atoms with E-state index in [9.17, 15) is 0 Å². The van der Waals surface area contributed by atoms with Crippen LogP contribution in [0.5, 0.6) is 0 Å². The summed E-state index contributed by atoms with van der Waals surface area (Å²) in [6.07, 6.45) is 3.01. The molecule has 1 aromatic carbocycles. The van der Waals surface area contributed by atoms with Gasteiger partial charge in [-0.1, -0.05) is 12.1 Å². The average Bonchev–Trinajstić information content (AvgIpc) is 2.32. The van der Waals surface area contributed by atoms with Crippen LogP contribution in [0.15, 0.2) is 30.5 Å². The van der Waals surface area contributed by atoms with Crippen LogP contribution >= 0.6 is 0 Å². The molecular weight excluding hydrogens is 214 g/mol. The lowest BCUT2D eigenvalue weighted by molar-refractivity contribution is 0.0622. The molecule has 0 aliphatic heterocycles. The van der Waals surface area contributed by atoms with Crippen LogP contribution in [0.4, 0.5) is 5.69 Å². The van der Waals surface area contributed by atoms with Crippen molar-refractivity contribution in [3.63, 3.8) is 0 Å². The Bertz CT molecular complexity index is 384. The molecule has 0 aromatic heterocycles. The third-order valence-electron chi connectivity index (χ3n) is 2.29. The maximum absolute atomic E-state index is 7.39. The van der Waals surface area contributed by atoms with Gasteiger partial charge in [-0.2, -0.15) is 0 Å². The number of hydrogen-bond acceptors (Lipinski definition) is 4. The monoisotopic (exact) mass is 233 g/mol. The summed E-state index contributed by atoms with van der Waals surface area (Å²) in [5.74, 6) is 0. The predicted molar refractivity (Wildman–Crippen MR) is 71.8 cm³/mol. The molecule has 0 amide bonds. The number of ether oxygens (including phenoxy) is 1. The van der Waals surface area contributed by atoms with Crippen molar-refractivity contribution in [2.24, 2.45) is 0 Å². The number of anilines is 1. The van der Waals surface area contributed by atoms with Crippen molar-refractivity contribution in [2.75, 3.05) is 12.3 Å². The van der Waals surface area contributed by atoms with Gasteiger partial charge in [0.25, 0.3) is 0 Å². The lowest BCUT2D eigenvalue weighted by Gasteiger charge is -2.12. The van der Waals surface area contributed by atoms with Crippen LogP contribution in [0, 0.1) is 5.41 Å². The Balaban J connectivity index is 2.73. The van der Waals surface area contributed by atoms with Crippen LogP contribution in [0.2, 0.25) is 0 Å². The van der Waals surface area contributed by atoms with Crippen LogP contribution in [0.25, 0.3) is 5.57 Å². The van der Waals surface area contributed by atoms with Crippen molar-refractivity contribution >= 4 is 17.5 Å². The Labute approximate surface area is 102 Å². The molecule has 1 unspecified atom stereocenters. The first-order valence-electron chi connectivity index (χ1n) is 5.61. The van der Waals surface area contributed by atoms with Gasteiger partial charge in [-0.25, -0.2) is 0 Å². The minimum atomic E-state index is -0.0660. The molecule has 0 aliphatic carbocycles. The van der Waals surface area contributed by atoms with Gasteiger partial charge in [-0.05, 0) is 31.5 Å². The van der Waals surface area contributed by atoms with Crippen molar-refractivity contribution in [3.8, 4) is 0 Å². The zero-order valence-electron chi connectivity index (χ0n) is 10.2. The summed E-state index contributed by atoms with van der Waals surface area (Å²) in [5, 5.41) is 10.5. The fourth-order valence-corrected chi connectivity index (χ4v) is 1.39. The number of nitrogen functional groups attached to an aromatic ring is 1. The molecule has 1 aromatic rings. The molecule has 0 aliphatic rings.